The number of fused-ring (bicyclic) bond motifs is 2. The molecule has 0 saturated heterocycles. The van der Waals surface area contributed by atoms with Crippen molar-refractivity contribution in [2.45, 2.75) is 31.6 Å². The summed E-state index contributed by atoms with van der Waals surface area (Å²) in [5, 5.41) is 9.52. The minimum Gasteiger partial charge on any atom is -0.481 e. The van der Waals surface area contributed by atoms with Crippen molar-refractivity contribution >= 4 is 11.7 Å². The van der Waals surface area contributed by atoms with Crippen LogP contribution in [0.5, 0.6) is 0 Å². The first-order valence-corrected chi connectivity index (χ1v) is 6.94. The molecule has 1 aromatic rings. The van der Waals surface area contributed by atoms with E-state index in [1.165, 1.54) is 0 Å². The van der Waals surface area contributed by atoms with Crippen molar-refractivity contribution in [3.05, 3.63) is 29.3 Å². The predicted molar refractivity (Wildman–Crippen MR) is 70.1 cm³/mol. The fourth-order valence-corrected chi connectivity index (χ4v) is 4.11. The molecule has 108 valence electrons. The molecule has 0 aliphatic heterocycles. The quantitative estimate of drug-likeness (QED) is 0.836. The molecule has 5 heteroatoms. The van der Waals surface area contributed by atoms with E-state index in [-0.39, 0.29) is 17.2 Å². The zero-order valence-corrected chi connectivity index (χ0v) is 11.0. The summed E-state index contributed by atoms with van der Waals surface area (Å²) >= 11 is 0. The maximum atomic E-state index is 13.6. The fourth-order valence-electron chi connectivity index (χ4n) is 4.11. The maximum Gasteiger partial charge on any atom is 0.311 e. The van der Waals surface area contributed by atoms with E-state index >= 15 is 0 Å². The number of carbonyl (C=O) groups is 1. The third kappa shape index (κ3) is 2.05. The van der Waals surface area contributed by atoms with E-state index in [0.29, 0.717) is 17.9 Å². The highest BCUT2D eigenvalue weighted by molar-refractivity contribution is 5.79. The summed E-state index contributed by atoms with van der Waals surface area (Å²) in [5.74, 6) is -2.77. The van der Waals surface area contributed by atoms with Crippen LogP contribution in [0.4, 0.5) is 14.5 Å². The van der Waals surface area contributed by atoms with Gasteiger partial charge in [-0.25, -0.2) is 8.78 Å². The first-order chi connectivity index (χ1) is 9.47. The Labute approximate surface area is 115 Å². The molecule has 0 spiro atoms. The minimum atomic E-state index is -1.04. The molecule has 2 saturated carbocycles. The molecule has 20 heavy (non-hydrogen) atoms. The molecule has 4 unspecified atom stereocenters. The molecule has 2 aliphatic carbocycles. The Kier molecular flexibility index (Phi) is 3.15. The molecule has 3 N–H and O–H groups in total. The van der Waals surface area contributed by atoms with Crippen molar-refractivity contribution in [2.75, 3.05) is 5.73 Å². The molecule has 0 heterocycles. The van der Waals surface area contributed by atoms with Gasteiger partial charge < -0.3 is 10.8 Å². The number of anilines is 1. The van der Waals surface area contributed by atoms with Crippen molar-refractivity contribution in [2.24, 2.45) is 17.8 Å². The average Bonchev–Trinajstić information content (AvgIpc) is 2.97. The number of nitrogen functional groups attached to an aromatic ring is 1. The van der Waals surface area contributed by atoms with E-state index in [4.69, 9.17) is 5.73 Å². The highest BCUT2D eigenvalue weighted by Crippen LogP contribution is 2.54. The van der Waals surface area contributed by atoms with Crippen molar-refractivity contribution in [1.29, 1.82) is 0 Å². The summed E-state index contributed by atoms with van der Waals surface area (Å²) < 4.78 is 27.0. The van der Waals surface area contributed by atoms with Gasteiger partial charge in [0.25, 0.3) is 0 Å². The number of benzene rings is 1. The van der Waals surface area contributed by atoms with Crippen LogP contribution in [0.1, 0.15) is 37.2 Å². The highest BCUT2D eigenvalue weighted by atomic mass is 19.1. The summed E-state index contributed by atoms with van der Waals surface area (Å²) in [6.07, 6.45) is 4.00. The number of halogens is 2. The summed E-state index contributed by atoms with van der Waals surface area (Å²) in [6.45, 7) is 0. The summed E-state index contributed by atoms with van der Waals surface area (Å²) in [4.78, 5) is 11.6. The number of aliphatic carboxylic acids is 1. The van der Waals surface area contributed by atoms with Crippen LogP contribution < -0.4 is 5.73 Å². The topological polar surface area (TPSA) is 63.3 Å². The van der Waals surface area contributed by atoms with Gasteiger partial charge in [-0.1, -0.05) is 6.42 Å². The van der Waals surface area contributed by atoms with Gasteiger partial charge in [-0.05, 0) is 48.6 Å². The Morgan fingerprint density at radius 2 is 2.05 bits per heavy atom. The van der Waals surface area contributed by atoms with Crippen LogP contribution in [0.15, 0.2) is 12.1 Å². The van der Waals surface area contributed by atoms with Crippen molar-refractivity contribution in [3.63, 3.8) is 0 Å². The van der Waals surface area contributed by atoms with Crippen LogP contribution >= 0.6 is 0 Å². The lowest BCUT2D eigenvalue weighted by Crippen LogP contribution is -2.27. The number of rotatable bonds is 3. The molecule has 4 atom stereocenters. The largest absolute Gasteiger partial charge is 0.481 e. The predicted octanol–water partition coefficient (Wildman–Crippen LogP) is 3.15. The Bertz CT molecular complexity index is 561. The van der Waals surface area contributed by atoms with Gasteiger partial charge in [0.15, 0.2) is 0 Å². The van der Waals surface area contributed by atoms with Crippen molar-refractivity contribution in [3.8, 4) is 0 Å². The van der Waals surface area contributed by atoms with Gasteiger partial charge in [0.1, 0.15) is 11.6 Å². The van der Waals surface area contributed by atoms with Gasteiger partial charge in [0.2, 0.25) is 0 Å². The lowest BCUT2D eigenvalue weighted by atomic mass is 9.75. The standard InChI is InChI=1S/C15H17F2NO2/c16-9-5-11(14(18)12(17)6-9)13(15(19)20)10-4-7-1-2-8(10)3-7/h5-8,10,13H,1-4,18H2,(H,19,20). The van der Waals surface area contributed by atoms with Crippen LogP contribution in [0.2, 0.25) is 0 Å². The molecule has 0 amide bonds. The first-order valence-electron chi connectivity index (χ1n) is 6.94. The molecule has 1 aromatic carbocycles. The molecule has 2 fully saturated rings. The third-order valence-corrected chi connectivity index (χ3v) is 4.95. The van der Waals surface area contributed by atoms with E-state index in [0.717, 1.165) is 31.7 Å². The van der Waals surface area contributed by atoms with Gasteiger partial charge in [0.05, 0.1) is 11.6 Å². The van der Waals surface area contributed by atoms with Crippen molar-refractivity contribution < 1.29 is 18.7 Å². The van der Waals surface area contributed by atoms with Gasteiger partial charge in [-0.3, -0.25) is 4.79 Å². The Morgan fingerprint density at radius 3 is 2.60 bits per heavy atom. The van der Waals surface area contributed by atoms with Crippen LogP contribution in [0.3, 0.4) is 0 Å². The molecular weight excluding hydrogens is 264 g/mol. The smallest absolute Gasteiger partial charge is 0.311 e. The zero-order chi connectivity index (χ0) is 14.4. The van der Waals surface area contributed by atoms with E-state index in [9.17, 15) is 18.7 Å². The van der Waals surface area contributed by atoms with Crippen LogP contribution in [0, 0.1) is 29.4 Å². The maximum absolute atomic E-state index is 13.6. The summed E-state index contributed by atoms with van der Waals surface area (Å²) in [7, 11) is 0. The van der Waals surface area contributed by atoms with Gasteiger partial charge in [-0.2, -0.15) is 0 Å². The number of nitrogens with two attached hydrogens (primary N) is 1. The first kappa shape index (κ1) is 13.3. The van der Waals surface area contributed by atoms with Crippen LogP contribution in [0.25, 0.3) is 0 Å². The number of hydrogen-bond donors (Lipinski definition) is 2. The van der Waals surface area contributed by atoms with E-state index < -0.39 is 23.5 Å². The second-order valence-corrected chi connectivity index (χ2v) is 6.05. The fraction of sp³-hybridized carbons (Fsp3) is 0.533. The monoisotopic (exact) mass is 281 g/mol. The van der Waals surface area contributed by atoms with Gasteiger partial charge >= 0.3 is 5.97 Å². The lowest BCUT2D eigenvalue weighted by Gasteiger charge is -2.28. The second-order valence-electron chi connectivity index (χ2n) is 6.05. The Morgan fingerprint density at radius 1 is 1.30 bits per heavy atom. The number of hydrogen-bond acceptors (Lipinski definition) is 2. The molecule has 3 rings (SSSR count). The third-order valence-electron chi connectivity index (χ3n) is 4.95. The van der Waals surface area contributed by atoms with E-state index in [1.807, 2.05) is 0 Å². The van der Waals surface area contributed by atoms with E-state index in [1.54, 1.807) is 0 Å². The molecular formula is C15H17F2NO2. The number of carboxylic acid groups (broad SMARTS) is 1. The van der Waals surface area contributed by atoms with Crippen LogP contribution in [-0.4, -0.2) is 11.1 Å². The van der Waals surface area contributed by atoms with E-state index in [2.05, 4.69) is 0 Å². The summed E-state index contributed by atoms with van der Waals surface area (Å²) in [5.41, 5.74) is 5.51. The second kappa shape index (κ2) is 4.72. The normalized spacial score (nSPS) is 29.6. The Hall–Kier alpha value is -1.65. The summed E-state index contributed by atoms with van der Waals surface area (Å²) in [6, 6.07) is 1.77. The highest BCUT2D eigenvalue weighted by Gasteiger charge is 2.46. The SMILES string of the molecule is Nc1c(F)cc(F)cc1C(C(=O)O)C1CC2CCC1C2. The Balaban J connectivity index is 2.01. The zero-order valence-electron chi connectivity index (χ0n) is 11.0. The molecule has 2 bridgehead atoms. The van der Waals surface area contributed by atoms with Crippen molar-refractivity contribution in [1.82, 2.24) is 0 Å². The molecule has 0 radical (unpaired) electrons. The lowest BCUT2D eigenvalue weighted by molar-refractivity contribution is -0.140. The molecule has 2 aliphatic rings. The van der Waals surface area contributed by atoms with Gasteiger partial charge in [-0.15, -0.1) is 0 Å². The number of carboxylic acids is 1. The molecule has 0 aromatic heterocycles. The van der Waals surface area contributed by atoms with Crippen LogP contribution in [-0.2, 0) is 4.79 Å². The molecule has 3 nitrogen and oxygen atoms in total. The minimum absolute atomic E-state index is 0.0604. The van der Waals surface area contributed by atoms with Gasteiger partial charge in [0, 0.05) is 6.07 Å². The average molecular weight is 281 g/mol.